The lowest BCUT2D eigenvalue weighted by Gasteiger charge is -2.13. The molecule has 0 unspecified atom stereocenters. The monoisotopic (exact) mass is 290 g/mol. The van der Waals surface area contributed by atoms with Gasteiger partial charge in [-0.25, -0.2) is 0 Å². The molecule has 1 aliphatic rings. The van der Waals surface area contributed by atoms with Crippen LogP contribution in [-0.2, 0) is 4.79 Å². The Morgan fingerprint density at radius 1 is 1.11 bits per heavy atom. The standard InChI is InChI=1S/C13H18N2O.2ClH/c16-13(8-11-15-9-4-5-10-15)14-12-6-2-1-3-7-12;;/h1-3,6-7H,4-5,8-11H2,(H,14,16);2*1H. The van der Waals surface area contributed by atoms with Gasteiger partial charge in [0.05, 0.1) is 0 Å². The van der Waals surface area contributed by atoms with Gasteiger partial charge in [-0.15, -0.1) is 24.8 Å². The van der Waals surface area contributed by atoms with Crippen molar-refractivity contribution in [2.75, 3.05) is 25.0 Å². The van der Waals surface area contributed by atoms with Gasteiger partial charge in [0, 0.05) is 18.7 Å². The van der Waals surface area contributed by atoms with Crippen molar-refractivity contribution >= 4 is 36.4 Å². The fraction of sp³-hybridized carbons (Fsp3) is 0.462. The molecule has 1 heterocycles. The molecule has 1 fully saturated rings. The first kappa shape index (κ1) is 17.2. The van der Waals surface area contributed by atoms with Gasteiger partial charge in [0.1, 0.15) is 0 Å². The maximum absolute atomic E-state index is 11.6. The maximum atomic E-state index is 11.6. The lowest BCUT2D eigenvalue weighted by atomic mass is 10.3. The summed E-state index contributed by atoms with van der Waals surface area (Å²) >= 11 is 0. The van der Waals surface area contributed by atoms with E-state index < -0.39 is 0 Å². The second kappa shape index (κ2) is 9.20. The summed E-state index contributed by atoms with van der Waals surface area (Å²) in [5, 5.41) is 2.90. The number of carbonyl (C=O) groups excluding carboxylic acids is 1. The number of hydrogen-bond acceptors (Lipinski definition) is 2. The van der Waals surface area contributed by atoms with Gasteiger partial charge in [-0.2, -0.15) is 0 Å². The molecule has 1 amide bonds. The number of hydrogen-bond donors (Lipinski definition) is 1. The van der Waals surface area contributed by atoms with Crippen molar-refractivity contribution in [1.82, 2.24) is 4.90 Å². The molecule has 0 saturated carbocycles. The first-order chi connectivity index (χ1) is 7.84. The van der Waals surface area contributed by atoms with Gasteiger partial charge < -0.3 is 10.2 Å². The molecule has 5 heteroatoms. The Labute approximate surface area is 121 Å². The Morgan fingerprint density at radius 3 is 2.33 bits per heavy atom. The zero-order valence-corrected chi connectivity index (χ0v) is 11.9. The van der Waals surface area contributed by atoms with Gasteiger partial charge in [0.25, 0.3) is 0 Å². The summed E-state index contributed by atoms with van der Waals surface area (Å²) in [6.45, 7) is 3.19. The van der Waals surface area contributed by atoms with Crippen LogP contribution in [0.15, 0.2) is 30.3 Å². The Hall–Kier alpha value is -0.770. The molecule has 3 nitrogen and oxygen atoms in total. The quantitative estimate of drug-likeness (QED) is 0.925. The number of amides is 1. The third-order valence-electron chi connectivity index (χ3n) is 2.91. The molecule has 0 radical (unpaired) electrons. The average Bonchev–Trinajstić information content (AvgIpc) is 2.81. The number of benzene rings is 1. The first-order valence-corrected chi connectivity index (χ1v) is 5.92. The van der Waals surface area contributed by atoms with Crippen LogP contribution in [0.4, 0.5) is 5.69 Å². The molecule has 2 rings (SSSR count). The predicted molar refractivity (Wildman–Crippen MR) is 79.9 cm³/mol. The van der Waals surface area contributed by atoms with Crippen LogP contribution >= 0.6 is 24.8 Å². The Morgan fingerprint density at radius 2 is 1.72 bits per heavy atom. The highest BCUT2D eigenvalue weighted by Gasteiger charge is 2.12. The number of para-hydroxylation sites is 1. The van der Waals surface area contributed by atoms with E-state index in [1.807, 2.05) is 30.3 Å². The van der Waals surface area contributed by atoms with Crippen molar-refractivity contribution in [2.24, 2.45) is 0 Å². The first-order valence-electron chi connectivity index (χ1n) is 5.92. The Balaban J connectivity index is 0.00000144. The molecule has 18 heavy (non-hydrogen) atoms. The Kier molecular flexibility index (Phi) is 8.81. The molecule has 0 spiro atoms. The van der Waals surface area contributed by atoms with E-state index in [2.05, 4.69) is 10.2 Å². The molecule has 0 atom stereocenters. The number of nitrogens with zero attached hydrogens (tertiary/aromatic N) is 1. The molecule has 0 aliphatic carbocycles. The van der Waals surface area contributed by atoms with Gasteiger partial charge in [0.2, 0.25) is 5.91 Å². The molecule has 0 bridgehead atoms. The zero-order valence-electron chi connectivity index (χ0n) is 10.3. The van der Waals surface area contributed by atoms with Crippen molar-refractivity contribution in [2.45, 2.75) is 19.3 Å². The fourth-order valence-corrected chi connectivity index (χ4v) is 2.01. The largest absolute Gasteiger partial charge is 0.326 e. The summed E-state index contributed by atoms with van der Waals surface area (Å²) in [5.74, 6) is 0.109. The van der Waals surface area contributed by atoms with Crippen LogP contribution in [0.3, 0.4) is 0 Å². The van der Waals surface area contributed by atoms with Crippen LogP contribution in [0.2, 0.25) is 0 Å². The average molecular weight is 291 g/mol. The van der Waals surface area contributed by atoms with Crippen LogP contribution in [-0.4, -0.2) is 30.4 Å². The summed E-state index contributed by atoms with van der Waals surface area (Å²) < 4.78 is 0. The van der Waals surface area contributed by atoms with Crippen molar-refractivity contribution in [3.63, 3.8) is 0 Å². The highest BCUT2D eigenvalue weighted by Crippen LogP contribution is 2.09. The minimum Gasteiger partial charge on any atom is -0.326 e. The zero-order chi connectivity index (χ0) is 11.2. The third kappa shape index (κ3) is 5.71. The topological polar surface area (TPSA) is 32.3 Å². The Bertz CT molecular complexity index is 340. The van der Waals surface area contributed by atoms with Gasteiger partial charge in [-0.1, -0.05) is 18.2 Å². The third-order valence-corrected chi connectivity index (χ3v) is 2.91. The minimum absolute atomic E-state index is 0. The minimum atomic E-state index is 0. The van der Waals surface area contributed by atoms with Crippen molar-refractivity contribution in [3.05, 3.63) is 30.3 Å². The van der Waals surface area contributed by atoms with Crippen LogP contribution in [0.25, 0.3) is 0 Å². The summed E-state index contributed by atoms with van der Waals surface area (Å²) in [7, 11) is 0. The van der Waals surface area contributed by atoms with Crippen molar-refractivity contribution < 1.29 is 4.79 Å². The van der Waals surface area contributed by atoms with E-state index in [0.717, 1.165) is 25.3 Å². The van der Waals surface area contributed by atoms with Gasteiger partial charge in [-0.05, 0) is 38.1 Å². The molecule has 1 saturated heterocycles. The van der Waals surface area contributed by atoms with Crippen LogP contribution < -0.4 is 5.32 Å². The molecule has 0 aromatic heterocycles. The smallest absolute Gasteiger partial charge is 0.225 e. The molecule has 1 aliphatic heterocycles. The molecule has 1 aromatic carbocycles. The predicted octanol–water partition coefficient (Wildman–Crippen LogP) is 2.95. The molecule has 1 N–H and O–H groups in total. The van der Waals surface area contributed by atoms with Crippen LogP contribution in [0, 0.1) is 0 Å². The van der Waals surface area contributed by atoms with E-state index in [9.17, 15) is 4.79 Å². The van der Waals surface area contributed by atoms with Gasteiger partial charge in [-0.3, -0.25) is 4.79 Å². The van der Waals surface area contributed by atoms with E-state index in [4.69, 9.17) is 0 Å². The second-order valence-electron chi connectivity index (χ2n) is 4.21. The fourth-order valence-electron chi connectivity index (χ4n) is 2.01. The lowest BCUT2D eigenvalue weighted by Crippen LogP contribution is -2.24. The number of carbonyl (C=O) groups is 1. The lowest BCUT2D eigenvalue weighted by molar-refractivity contribution is -0.116. The summed E-state index contributed by atoms with van der Waals surface area (Å²) in [4.78, 5) is 14.0. The summed E-state index contributed by atoms with van der Waals surface area (Å²) in [6.07, 6.45) is 3.15. The van der Waals surface area contributed by atoms with E-state index in [1.165, 1.54) is 12.8 Å². The van der Waals surface area contributed by atoms with Crippen molar-refractivity contribution in [1.29, 1.82) is 0 Å². The van der Waals surface area contributed by atoms with E-state index in [1.54, 1.807) is 0 Å². The number of rotatable bonds is 4. The summed E-state index contributed by atoms with van der Waals surface area (Å²) in [5.41, 5.74) is 0.883. The van der Waals surface area contributed by atoms with Gasteiger partial charge in [0.15, 0.2) is 0 Å². The van der Waals surface area contributed by atoms with Crippen molar-refractivity contribution in [3.8, 4) is 0 Å². The summed E-state index contributed by atoms with van der Waals surface area (Å²) in [6, 6.07) is 9.62. The number of halogens is 2. The van der Waals surface area contributed by atoms with E-state index in [0.29, 0.717) is 6.42 Å². The highest BCUT2D eigenvalue weighted by atomic mass is 35.5. The molecular weight excluding hydrogens is 271 g/mol. The van der Waals surface area contributed by atoms with Crippen LogP contribution in [0.5, 0.6) is 0 Å². The number of anilines is 1. The SMILES string of the molecule is Cl.Cl.O=C(CCN1CCCC1)Nc1ccccc1. The molecule has 102 valence electrons. The molecule has 1 aromatic rings. The number of likely N-dealkylation sites (tertiary alicyclic amines) is 1. The number of nitrogens with one attached hydrogen (secondary N) is 1. The van der Waals surface area contributed by atoms with E-state index >= 15 is 0 Å². The van der Waals surface area contributed by atoms with Gasteiger partial charge >= 0.3 is 0 Å². The highest BCUT2D eigenvalue weighted by molar-refractivity contribution is 5.90. The van der Waals surface area contributed by atoms with E-state index in [-0.39, 0.29) is 30.7 Å². The molecular formula is C13H20Cl2N2O. The van der Waals surface area contributed by atoms with Crippen LogP contribution in [0.1, 0.15) is 19.3 Å². The second-order valence-corrected chi connectivity index (χ2v) is 4.21. The normalized spacial score (nSPS) is 14.4. The maximum Gasteiger partial charge on any atom is 0.225 e.